The first-order valence-corrected chi connectivity index (χ1v) is 13.9. The number of allylic oxidation sites excluding steroid dienone is 2. The van der Waals surface area contributed by atoms with Gasteiger partial charge in [0, 0.05) is 40.1 Å². The number of esters is 1. The van der Waals surface area contributed by atoms with Gasteiger partial charge in [0.15, 0.2) is 17.3 Å². The third kappa shape index (κ3) is 4.77. The number of amides is 1. The summed E-state index contributed by atoms with van der Waals surface area (Å²) in [5.41, 5.74) is 0.196. The van der Waals surface area contributed by atoms with E-state index in [1.165, 1.54) is 28.4 Å². The number of benzene rings is 2. The van der Waals surface area contributed by atoms with Crippen LogP contribution in [0.3, 0.4) is 0 Å². The number of carbonyl (C=O) groups excluding carboxylic acids is 3. The normalized spacial score (nSPS) is 22.1. The molecule has 0 bridgehead atoms. The SMILES string of the molecule is CCOC(=O)[C@@H]1C(=O)C2=C(C[C@@H]1c1cccs1)N(c1cccc(C(F)(F)F)c1)C(=O)C[C@@H]2c1ccc2c(c1)OCO2. The smallest absolute Gasteiger partial charge is 0.416 e. The van der Waals surface area contributed by atoms with Crippen molar-refractivity contribution in [3.8, 4) is 11.5 Å². The lowest BCUT2D eigenvalue weighted by Crippen LogP contribution is -2.46. The molecule has 1 aromatic heterocycles. The minimum Gasteiger partial charge on any atom is -0.465 e. The molecule has 1 amide bonds. The summed E-state index contributed by atoms with van der Waals surface area (Å²) >= 11 is 1.36. The first-order chi connectivity index (χ1) is 19.7. The monoisotopic (exact) mass is 583 g/mol. The van der Waals surface area contributed by atoms with Crippen LogP contribution in [0.4, 0.5) is 18.9 Å². The van der Waals surface area contributed by atoms with Crippen molar-refractivity contribution in [1.82, 2.24) is 0 Å². The van der Waals surface area contributed by atoms with Gasteiger partial charge in [-0.15, -0.1) is 11.3 Å². The summed E-state index contributed by atoms with van der Waals surface area (Å²) < 4.78 is 57.2. The van der Waals surface area contributed by atoms with E-state index in [0.29, 0.717) is 17.1 Å². The van der Waals surface area contributed by atoms with Gasteiger partial charge in [-0.2, -0.15) is 13.2 Å². The summed E-state index contributed by atoms with van der Waals surface area (Å²) in [6, 6.07) is 13.2. The molecule has 3 atom stereocenters. The number of fused-ring (bicyclic) bond motifs is 1. The number of ketones is 1. The maximum Gasteiger partial charge on any atom is 0.416 e. The molecule has 11 heteroatoms. The molecule has 212 valence electrons. The molecule has 41 heavy (non-hydrogen) atoms. The maximum atomic E-state index is 14.4. The minimum atomic E-state index is -4.63. The van der Waals surface area contributed by atoms with E-state index < -0.39 is 47.2 Å². The summed E-state index contributed by atoms with van der Waals surface area (Å²) in [4.78, 5) is 43.4. The molecule has 0 radical (unpaired) electrons. The Labute approximate surface area is 237 Å². The molecule has 0 spiro atoms. The van der Waals surface area contributed by atoms with Crippen LogP contribution in [-0.2, 0) is 25.3 Å². The zero-order chi connectivity index (χ0) is 28.9. The molecule has 3 heterocycles. The molecular formula is C30H24F3NO6S. The van der Waals surface area contributed by atoms with Gasteiger partial charge in [0.2, 0.25) is 12.7 Å². The maximum absolute atomic E-state index is 14.4. The highest BCUT2D eigenvalue weighted by Gasteiger charge is 2.50. The van der Waals surface area contributed by atoms with Crippen molar-refractivity contribution in [3.05, 3.63) is 87.3 Å². The largest absolute Gasteiger partial charge is 0.465 e. The number of carbonyl (C=O) groups is 3. The van der Waals surface area contributed by atoms with E-state index in [4.69, 9.17) is 14.2 Å². The Morgan fingerprint density at radius 1 is 1.05 bits per heavy atom. The second-order valence-corrected chi connectivity index (χ2v) is 10.9. The predicted octanol–water partition coefficient (Wildman–Crippen LogP) is 6.21. The lowest BCUT2D eigenvalue weighted by atomic mass is 9.69. The second-order valence-electron chi connectivity index (χ2n) is 9.93. The van der Waals surface area contributed by atoms with Crippen LogP contribution in [0.25, 0.3) is 0 Å². The Bertz CT molecular complexity index is 1560. The first-order valence-electron chi connectivity index (χ1n) is 13.0. The Morgan fingerprint density at radius 2 is 1.85 bits per heavy atom. The topological polar surface area (TPSA) is 82.1 Å². The molecule has 7 nitrogen and oxygen atoms in total. The summed E-state index contributed by atoms with van der Waals surface area (Å²) in [6.07, 6.45) is -4.74. The van der Waals surface area contributed by atoms with Crippen LogP contribution < -0.4 is 14.4 Å². The highest BCUT2D eigenvalue weighted by Crippen LogP contribution is 2.51. The number of nitrogens with zero attached hydrogens (tertiary/aromatic N) is 1. The third-order valence-corrected chi connectivity index (χ3v) is 8.61. The number of ether oxygens (including phenoxy) is 3. The van der Waals surface area contributed by atoms with Gasteiger partial charge in [-0.05, 0) is 60.7 Å². The first kappa shape index (κ1) is 27.1. The van der Waals surface area contributed by atoms with Crippen molar-refractivity contribution in [2.45, 2.75) is 37.8 Å². The quantitative estimate of drug-likeness (QED) is 0.263. The van der Waals surface area contributed by atoms with E-state index in [9.17, 15) is 27.6 Å². The number of hydrogen-bond acceptors (Lipinski definition) is 7. The summed E-state index contributed by atoms with van der Waals surface area (Å²) in [5.74, 6) is -3.23. The predicted molar refractivity (Wildman–Crippen MR) is 143 cm³/mol. The molecular weight excluding hydrogens is 559 g/mol. The average molecular weight is 584 g/mol. The summed E-state index contributed by atoms with van der Waals surface area (Å²) in [7, 11) is 0. The molecule has 0 fully saturated rings. The Morgan fingerprint density at radius 3 is 2.59 bits per heavy atom. The number of thiophene rings is 1. The van der Waals surface area contributed by atoms with E-state index in [0.717, 1.165) is 17.0 Å². The summed E-state index contributed by atoms with van der Waals surface area (Å²) in [5, 5.41) is 1.82. The van der Waals surface area contributed by atoms with Crippen LogP contribution in [-0.4, -0.2) is 31.1 Å². The lowest BCUT2D eigenvalue weighted by molar-refractivity contribution is -0.152. The van der Waals surface area contributed by atoms with Crippen LogP contribution in [0.1, 0.15) is 47.6 Å². The average Bonchev–Trinajstić information content (AvgIpc) is 3.64. The Hall–Kier alpha value is -4.12. The fraction of sp³-hybridized carbons (Fsp3) is 0.300. The fourth-order valence-corrected chi connectivity index (χ4v) is 6.70. The van der Waals surface area contributed by atoms with Crippen molar-refractivity contribution in [1.29, 1.82) is 0 Å². The Kier molecular flexibility index (Phi) is 6.85. The molecule has 3 aliphatic rings. The van der Waals surface area contributed by atoms with E-state index in [1.807, 2.05) is 5.38 Å². The Balaban J connectivity index is 1.55. The van der Waals surface area contributed by atoms with Gasteiger partial charge in [0.25, 0.3) is 0 Å². The number of hydrogen-bond donors (Lipinski definition) is 0. The number of anilines is 1. The van der Waals surface area contributed by atoms with Crippen LogP contribution in [0.5, 0.6) is 11.5 Å². The van der Waals surface area contributed by atoms with Crippen LogP contribution >= 0.6 is 11.3 Å². The number of Topliss-reactive ketones (excluding diaryl/α,β-unsaturated/α-hetero) is 1. The van der Waals surface area contributed by atoms with Crippen LogP contribution in [0, 0.1) is 5.92 Å². The highest BCUT2D eigenvalue weighted by atomic mass is 32.1. The molecule has 3 aromatic rings. The van der Waals surface area contributed by atoms with Crippen molar-refractivity contribution in [3.63, 3.8) is 0 Å². The molecule has 2 aromatic carbocycles. The number of alkyl halides is 3. The standard InChI is InChI=1S/C30H24F3NO6S/c1-2-38-29(37)27-20(24-7-4-10-41-24)13-21-26(28(27)36)19(16-8-9-22-23(11-16)40-15-39-22)14-25(35)34(21)18-6-3-5-17(12-18)30(31,32)33/h3-12,19-20,27H,2,13-15H2,1H3/t19-,20-,27+/m1/s1. The van der Waals surface area contributed by atoms with Gasteiger partial charge >= 0.3 is 12.1 Å². The fourth-order valence-electron chi connectivity index (χ4n) is 5.84. The van der Waals surface area contributed by atoms with Crippen LogP contribution in [0.15, 0.2) is 71.2 Å². The zero-order valence-corrected chi connectivity index (χ0v) is 22.6. The molecule has 0 saturated carbocycles. The third-order valence-electron chi connectivity index (χ3n) is 7.60. The van der Waals surface area contributed by atoms with Gasteiger partial charge in [-0.3, -0.25) is 19.3 Å². The van der Waals surface area contributed by atoms with Gasteiger partial charge in [0.05, 0.1) is 12.2 Å². The lowest BCUT2D eigenvalue weighted by Gasteiger charge is -2.42. The molecule has 0 unspecified atom stereocenters. The van der Waals surface area contributed by atoms with Gasteiger partial charge in [0.1, 0.15) is 5.92 Å². The van der Waals surface area contributed by atoms with Gasteiger partial charge in [-0.1, -0.05) is 18.2 Å². The minimum absolute atomic E-state index is 0.00813. The van der Waals surface area contributed by atoms with Crippen molar-refractivity contribution >= 4 is 34.7 Å². The molecule has 2 aliphatic heterocycles. The molecule has 0 N–H and O–H groups in total. The van der Waals surface area contributed by atoms with E-state index in [-0.39, 0.29) is 43.2 Å². The molecule has 1 aliphatic carbocycles. The van der Waals surface area contributed by atoms with E-state index >= 15 is 0 Å². The number of rotatable bonds is 5. The van der Waals surface area contributed by atoms with Crippen molar-refractivity contribution in [2.24, 2.45) is 5.92 Å². The van der Waals surface area contributed by atoms with E-state index in [1.54, 1.807) is 37.3 Å². The second kappa shape index (κ2) is 10.4. The highest BCUT2D eigenvalue weighted by molar-refractivity contribution is 7.10. The molecule has 6 rings (SSSR count). The number of halogens is 3. The van der Waals surface area contributed by atoms with Crippen LogP contribution in [0.2, 0.25) is 0 Å². The summed E-state index contributed by atoms with van der Waals surface area (Å²) in [6.45, 7) is 1.76. The van der Waals surface area contributed by atoms with Crippen molar-refractivity contribution < 1.29 is 41.8 Å². The van der Waals surface area contributed by atoms with E-state index in [2.05, 4.69) is 0 Å². The van der Waals surface area contributed by atoms with Gasteiger partial charge in [-0.25, -0.2) is 0 Å². The molecule has 0 saturated heterocycles. The zero-order valence-electron chi connectivity index (χ0n) is 21.8. The van der Waals surface area contributed by atoms with Crippen molar-refractivity contribution in [2.75, 3.05) is 18.3 Å². The van der Waals surface area contributed by atoms with Gasteiger partial charge < -0.3 is 14.2 Å².